The fourth-order valence-electron chi connectivity index (χ4n) is 3.38. The van der Waals surface area contributed by atoms with Gasteiger partial charge in [0.1, 0.15) is 18.0 Å². The number of hydrogen-bond acceptors (Lipinski definition) is 5. The van der Waals surface area contributed by atoms with Crippen LogP contribution in [-0.4, -0.2) is 41.5 Å². The van der Waals surface area contributed by atoms with Crippen molar-refractivity contribution in [2.45, 2.75) is 32.4 Å². The molecular weight excluding hydrogens is 378 g/mol. The molecule has 2 atom stereocenters. The van der Waals surface area contributed by atoms with E-state index in [0.29, 0.717) is 48.6 Å². The smallest absolute Gasteiger partial charge is 0.219 e. The Morgan fingerprint density at radius 1 is 1.41 bits per heavy atom. The van der Waals surface area contributed by atoms with E-state index in [0.717, 1.165) is 6.07 Å². The van der Waals surface area contributed by atoms with Gasteiger partial charge in [-0.25, -0.2) is 13.8 Å². The molecule has 1 fully saturated rings. The van der Waals surface area contributed by atoms with Crippen molar-refractivity contribution in [1.29, 1.82) is 5.26 Å². The number of aromatic nitrogens is 1. The lowest BCUT2D eigenvalue weighted by Crippen LogP contribution is -2.41. The Labute approximate surface area is 168 Å². The number of halogens is 2. The largest absolute Gasteiger partial charge is 0.370 e. The number of nitriles is 1. The number of rotatable bonds is 5. The van der Waals surface area contributed by atoms with E-state index >= 15 is 0 Å². The van der Waals surface area contributed by atoms with E-state index in [4.69, 9.17) is 10.00 Å². The average Bonchev–Trinajstić information content (AvgIpc) is 2.71. The molecule has 1 aromatic heterocycles. The van der Waals surface area contributed by atoms with E-state index in [9.17, 15) is 13.6 Å². The molecule has 1 N–H and O–H groups in total. The Balaban J connectivity index is 1.79. The van der Waals surface area contributed by atoms with E-state index in [1.54, 1.807) is 17.0 Å². The molecule has 0 bridgehead atoms. The number of pyridine rings is 1. The first-order valence-corrected chi connectivity index (χ1v) is 9.35. The van der Waals surface area contributed by atoms with E-state index in [1.165, 1.54) is 19.2 Å². The number of anilines is 1. The lowest BCUT2D eigenvalue weighted by Gasteiger charge is -2.33. The van der Waals surface area contributed by atoms with Gasteiger partial charge in [-0.3, -0.25) is 4.79 Å². The minimum Gasteiger partial charge on any atom is -0.370 e. The van der Waals surface area contributed by atoms with Gasteiger partial charge >= 0.3 is 0 Å². The van der Waals surface area contributed by atoms with E-state index < -0.39 is 17.7 Å². The molecule has 0 aliphatic carbocycles. The highest BCUT2D eigenvalue weighted by Crippen LogP contribution is 2.29. The minimum atomic E-state index is -0.943. The molecule has 1 amide bonds. The zero-order valence-corrected chi connectivity index (χ0v) is 16.3. The molecule has 1 saturated heterocycles. The second-order valence-electron chi connectivity index (χ2n) is 7.08. The molecule has 6 nitrogen and oxygen atoms in total. The summed E-state index contributed by atoms with van der Waals surface area (Å²) >= 11 is 0. The van der Waals surface area contributed by atoms with Crippen molar-refractivity contribution in [3.05, 3.63) is 58.8 Å². The van der Waals surface area contributed by atoms with Crippen LogP contribution in [0.1, 0.15) is 36.6 Å². The van der Waals surface area contributed by atoms with Crippen LogP contribution in [0.4, 0.5) is 14.6 Å². The van der Waals surface area contributed by atoms with Gasteiger partial charge in [-0.05, 0) is 48.7 Å². The molecule has 152 valence electrons. The third-order valence-electron chi connectivity index (χ3n) is 4.85. The standard InChI is InChI=1S/C21H22F2N4O2/c1-13(26-21-4-3-15(10-24)11-25-21)7-16-8-18(22)19(23)9-17(16)20-12-27(14(2)28)5-6-29-20/h3-4,8-9,11,13,20H,5-7,12H2,1-2H3,(H,25,26)/t13-,20+/m0/s1. The second-order valence-corrected chi connectivity index (χ2v) is 7.08. The Hall–Kier alpha value is -3.05. The van der Waals surface area contributed by atoms with Gasteiger partial charge in [0.15, 0.2) is 11.6 Å². The number of nitrogens with zero attached hydrogens (tertiary/aromatic N) is 3. The van der Waals surface area contributed by atoms with Crippen molar-refractivity contribution in [3.8, 4) is 6.07 Å². The molecule has 0 saturated carbocycles. The van der Waals surface area contributed by atoms with Crippen molar-refractivity contribution in [2.75, 3.05) is 25.0 Å². The summed E-state index contributed by atoms with van der Waals surface area (Å²) in [6.07, 6.45) is 1.34. The molecule has 29 heavy (non-hydrogen) atoms. The zero-order valence-electron chi connectivity index (χ0n) is 16.3. The first kappa shape index (κ1) is 20.7. The highest BCUT2D eigenvalue weighted by Gasteiger charge is 2.27. The quantitative estimate of drug-likeness (QED) is 0.834. The summed E-state index contributed by atoms with van der Waals surface area (Å²) in [7, 11) is 0. The van der Waals surface area contributed by atoms with Crippen LogP contribution >= 0.6 is 0 Å². The van der Waals surface area contributed by atoms with Crippen LogP contribution in [0.25, 0.3) is 0 Å². The third-order valence-corrected chi connectivity index (χ3v) is 4.85. The molecule has 3 rings (SSSR count). The van der Waals surface area contributed by atoms with E-state index in [2.05, 4.69) is 10.3 Å². The van der Waals surface area contributed by atoms with E-state index in [1.807, 2.05) is 13.0 Å². The lowest BCUT2D eigenvalue weighted by atomic mass is 9.95. The summed E-state index contributed by atoms with van der Waals surface area (Å²) < 4.78 is 33.7. The van der Waals surface area contributed by atoms with Crippen molar-refractivity contribution < 1.29 is 18.3 Å². The molecule has 1 aliphatic heterocycles. The van der Waals surface area contributed by atoms with Gasteiger partial charge in [-0.2, -0.15) is 5.26 Å². The van der Waals surface area contributed by atoms with Crippen LogP contribution < -0.4 is 5.32 Å². The van der Waals surface area contributed by atoms with Crippen molar-refractivity contribution in [2.24, 2.45) is 0 Å². The molecule has 8 heteroatoms. The van der Waals surface area contributed by atoms with Gasteiger partial charge in [-0.15, -0.1) is 0 Å². The summed E-state index contributed by atoms with van der Waals surface area (Å²) in [4.78, 5) is 17.5. The van der Waals surface area contributed by atoms with Gasteiger partial charge in [0.25, 0.3) is 0 Å². The lowest BCUT2D eigenvalue weighted by molar-refractivity contribution is -0.136. The highest BCUT2D eigenvalue weighted by atomic mass is 19.2. The molecule has 2 aromatic rings. The van der Waals surface area contributed by atoms with Crippen LogP contribution in [-0.2, 0) is 16.0 Å². The maximum absolute atomic E-state index is 14.0. The number of morpholine rings is 1. The van der Waals surface area contributed by atoms with Gasteiger partial charge in [0, 0.05) is 25.7 Å². The molecule has 0 unspecified atom stereocenters. The zero-order chi connectivity index (χ0) is 21.0. The Morgan fingerprint density at radius 2 is 2.17 bits per heavy atom. The average molecular weight is 400 g/mol. The van der Waals surface area contributed by atoms with Gasteiger partial charge in [0.05, 0.1) is 18.7 Å². The maximum atomic E-state index is 14.0. The number of ether oxygens (including phenoxy) is 1. The minimum absolute atomic E-state index is 0.0793. The van der Waals surface area contributed by atoms with E-state index in [-0.39, 0.29) is 11.9 Å². The van der Waals surface area contributed by atoms with Gasteiger partial charge < -0.3 is 15.0 Å². The van der Waals surface area contributed by atoms with Crippen LogP contribution in [0.2, 0.25) is 0 Å². The van der Waals surface area contributed by atoms with Gasteiger partial charge in [-0.1, -0.05) is 0 Å². The Bertz CT molecular complexity index is 928. The highest BCUT2D eigenvalue weighted by molar-refractivity contribution is 5.73. The molecule has 2 heterocycles. The summed E-state index contributed by atoms with van der Waals surface area (Å²) in [5.74, 6) is -1.37. The van der Waals surface area contributed by atoms with Crippen molar-refractivity contribution in [1.82, 2.24) is 9.88 Å². The predicted octanol–water partition coefficient (Wildman–Crippen LogP) is 3.19. The van der Waals surface area contributed by atoms with Crippen LogP contribution in [0.5, 0.6) is 0 Å². The number of amides is 1. The number of carbonyl (C=O) groups is 1. The predicted molar refractivity (Wildman–Crippen MR) is 103 cm³/mol. The SMILES string of the molecule is CC(=O)N1CCO[C@@H](c2cc(F)c(F)cc2C[C@H](C)Nc2ccc(C#N)cn2)C1. The molecule has 1 aromatic carbocycles. The first-order valence-electron chi connectivity index (χ1n) is 9.35. The second kappa shape index (κ2) is 8.97. The Morgan fingerprint density at radius 3 is 2.83 bits per heavy atom. The van der Waals surface area contributed by atoms with Crippen molar-refractivity contribution in [3.63, 3.8) is 0 Å². The number of hydrogen-bond donors (Lipinski definition) is 1. The fraction of sp³-hybridized carbons (Fsp3) is 0.381. The van der Waals surface area contributed by atoms with Crippen LogP contribution in [0, 0.1) is 23.0 Å². The topological polar surface area (TPSA) is 78.2 Å². The van der Waals surface area contributed by atoms with Crippen molar-refractivity contribution >= 4 is 11.7 Å². The normalized spacial score (nSPS) is 17.5. The molecule has 0 radical (unpaired) electrons. The van der Waals surface area contributed by atoms with Crippen LogP contribution in [0.3, 0.4) is 0 Å². The number of carbonyl (C=O) groups excluding carboxylic acids is 1. The summed E-state index contributed by atoms with van der Waals surface area (Å²) in [6.45, 7) is 4.49. The fourth-order valence-corrected chi connectivity index (χ4v) is 3.38. The first-order chi connectivity index (χ1) is 13.9. The van der Waals surface area contributed by atoms with Gasteiger partial charge in [0.2, 0.25) is 5.91 Å². The third kappa shape index (κ3) is 5.06. The summed E-state index contributed by atoms with van der Waals surface area (Å²) in [5, 5.41) is 12.0. The molecule has 1 aliphatic rings. The number of nitrogens with one attached hydrogen (secondary N) is 1. The monoisotopic (exact) mass is 400 g/mol. The molecular formula is C21H22F2N4O2. The summed E-state index contributed by atoms with van der Waals surface area (Å²) in [6, 6.07) is 7.54. The Kier molecular flexibility index (Phi) is 6.39. The molecule has 0 spiro atoms. The number of benzene rings is 1. The summed E-state index contributed by atoms with van der Waals surface area (Å²) in [5.41, 5.74) is 1.60. The maximum Gasteiger partial charge on any atom is 0.219 e. The van der Waals surface area contributed by atoms with Crippen LogP contribution in [0.15, 0.2) is 30.5 Å².